The number of aryl methyl sites for hydroxylation is 1. The normalized spacial score (nSPS) is 13.2. The summed E-state index contributed by atoms with van der Waals surface area (Å²) in [6.45, 7) is 0. The second-order valence-corrected chi connectivity index (χ2v) is 6.91. The zero-order chi connectivity index (χ0) is 15.5. The summed E-state index contributed by atoms with van der Waals surface area (Å²) < 4.78 is 10.9. The molecule has 9 heteroatoms. The van der Waals surface area contributed by atoms with Crippen molar-refractivity contribution in [3.63, 3.8) is 0 Å². The topological polar surface area (TPSA) is 121 Å². The summed E-state index contributed by atoms with van der Waals surface area (Å²) in [5.41, 5.74) is 6.50. The number of rotatable bonds is 6. The molecule has 1 aromatic carbocycles. The third kappa shape index (κ3) is 5.40. The fraction of sp³-hybridized carbons (Fsp3) is 0.364. The number of carboxylic acid groups (broad SMARTS) is 1. The molecule has 6 nitrogen and oxygen atoms in total. The van der Waals surface area contributed by atoms with E-state index in [9.17, 15) is 9.36 Å². The second kappa shape index (κ2) is 6.89. The van der Waals surface area contributed by atoms with Crippen LogP contribution in [0.2, 0.25) is 10.0 Å². The summed E-state index contributed by atoms with van der Waals surface area (Å²) in [6.07, 6.45) is -0.300. The number of hydrogen-bond acceptors (Lipinski definition) is 3. The zero-order valence-corrected chi connectivity index (χ0v) is 12.7. The molecule has 0 aliphatic carbocycles. The molecule has 112 valence electrons. The van der Waals surface area contributed by atoms with Crippen LogP contribution in [0.25, 0.3) is 0 Å². The molecular weight excluding hydrogens is 328 g/mol. The Labute approximate surface area is 125 Å². The van der Waals surface area contributed by atoms with E-state index in [4.69, 9.17) is 43.8 Å². The van der Waals surface area contributed by atoms with Crippen LogP contribution in [0.3, 0.4) is 0 Å². The van der Waals surface area contributed by atoms with E-state index < -0.39 is 19.6 Å². The van der Waals surface area contributed by atoms with Crippen LogP contribution >= 0.6 is 30.8 Å². The van der Waals surface area contributed by atoms with E-state index in [1.807, 2.05) is 0 Å². The highest BCUT2D eigenvalue weighted by Crippen LogP contribution is 2.36. The van der Waals surface area contributed by atoms with Crippen LogP contribution in [0.15, 0.2) is 12.1 Å². The standard InChI is InChI=1S/C11H14Cl2NO5P/c12-8-3-6(1-2-20(17,18)19)7(4-9(8)13)5-10(14)11(15)16/h3-4,10H,1-2,5,14H2,(H,15,16)(H2,17,18,19)/t10-/m0/s1. The van der Waals surface area contributed by atoms with Crippen LogP contribution in [0.4, 0.5) is 0 Å². The number of nitrogens with two attached hydrogens (primary N) is 1. The average Bonchev–Trinajstić information content (AvgIpc) is 2.30. The predicted octanol–water partition coefficient (Wildman–Crippen LogP) is 1.67. The SMILES string of the molecule is N[C@@H](Cc1cc(Cl)c(Cl)cc1CCP(=O)(O)O)C(=O)O. The van der Waals surface area contributed by atoms with E-state index in [0.29, 0.717) is 11.1 Å². The summed E-state index contributed by atoms with van der Waals surface area (Å²) in [6, 6.07) is 1.83. The lowest BCUT2D eigenvalue weighted by Gasteiger charge is -2.14. The van der Waals surface area contributed by atoms with Gasteiger partial charge < -0.3 is 20.6 Å². The Morgan fingerprint density at radius 3 is 2.20 bits per heavy atom. The third-order valence-electron chi connectivity index (χ3n) is 2.67. The molecule has 0 unspecified atom stereocenters. The summed E-state index contributed by atoms with van der Waals surface area (Å²) in [5.74, 6) is -1.17. The van der Waals surface area contributed by atoms with Gasteiger partial charge in [0, 0.05) is 0 Å². The van der Waals surface area contributed by atoms with E-state index >= 15 is 0 Å². The van der Waals surface area contributed by atoms with Crippen molar-refractivity contribution in [2.75, 3.05) is 6.16 Å². The second-order valence-electron chi connectivity index (χ2n) is 4.32. The van der Waals surface area contributed by atoms with Gasteiger partial charge in [-0.15, -0.1) is 0 Å². The lowest BCUT2D eigenvalue weighted by molar-refractivity contribution is -0.138. The Balaban J connectivity index is 3.04. The molecule has 0 amide bonds. The summed E-state index contributed by atoms with van der Waals surface area (Å²) >= 11 is 11.7. The molecule has 0 heterocycles. The number of carboxylic acids is 1. The third-order valence-corrected chi connectivity index (χ3v) is 4.20. The van der Waals surface area contributed by atoms with E-state index in [0.717, 1.165) is 0 Å². The van der Waals surface area contributed by atoms with Crippen molar-refractivity contribution < 1.29 is 24.3 Å². The molecule has 0 fully saturated rings. The highest BCUT2D eigenvalue weighted by Gasteiger charge is 2.19. The van der Waals surface area contributed by atoms with Gasteiger partial charge in [-0.25, -0.2) is 0 Å². The van der Waals surface area contributed by atoms with Gasteiger partial charge in [-0.2, -0.15) is 0 Å². The smallest absolute Gasteiger partial charge is 0.325 e. The Bertz CT molecular complexity index is 560. The van der Waals surface area contributed by atoms with Gasteiger partial charge in [0.15, 0.2) is 0 Å². The van der Waals surface area contributed by atoms with E-state index in [1.54, 1.807) is 0 Å². The van der Waals surface area contributed by atoms with Crippen molar-refractivity contribution >= 4 is 36.8 Å². The molecule has 1 rings (SSSR count). The van der Waals surface area contributed by atoms with E-state index in [-0.39, 0.29) is 29.0 Å². The number of carbonyl (C=O) groups is 1. The first-order valence-corrected chi connectivity index (χ1v) is 8.15. The molecule has 0 saturated heterocycles. The first-order valence-electron chi connectivity index (χ1n) is 5.60. The lowest BCUT2D eigenvalue weighted by Crippen LogP contribution is -2.32. The first kappa shape index (κ1) is 17.4. The molecule has 1 aromatic rings. The van der Waals surface area contributed by atoms with Crippen molar-refractivity contribution in [2.45, 2.75) is 18.9 Å². The number of aliphatic carboxylic acids is 1. The molecule has 5 N–H and O–H groups in total. The van der Waals surface area contributed by atoms with Gasteiger partial charge >= 0.3 is 13.6 Å². The minimum atomic E-state index is -4.15. The molecule has 20 heavy (non-hydrogen) atoms. The maximum atomic E-state index is 10.9. The van der Waals surface area contributed by atoms with Gasteiger partial charge in [0.2, 0.25) is 0 Å². The average molecular weight is 342 g/mol. The Morgan fingerprint density at radius 2 is 1.75 bits per heavy atom. The molecule has 0 aliphatic rings. The quantitative estimate of drug-likeness (QED) is 0.584. The van der Waals surface area contributed by atoms with Crippen LogP contribution in [0.5, 0.6) is 0 Å². The Hall–Kier alpha value is -0.620. The molecule has 1 atom stereocenters. The minimum Gasteiger partial charge on any atom is -0.480 e. The molecule has 0 spiro atoms. The van der Waals surface area contributed by atoms with Crippen LogP contribution in [0.1, 0.15) is 11.1 Å². The fourth-order valence-corrected chi connectivity index (χ4v) is 2.55. The van der Waals surface area contributed by atoms with Crippen molar-refractivity contribution in [3.8, 4) is 0 Å². The maximum Gasteiger partial charge on any atom is 0.325 e. The van der Waals surface area contributed by atoms with E-state index in [1.165, 1.54) is 12.1 Å². The van der Waals surface area contributed by atoms with Crippen LogP contribution < -0.4 is 5.73 Å². The predicted molar refractivity (Wildman–Crippen MR) is 76.4 cm³/mol. The van der Waals surface area contributed by atoms with Crippen LogP contribution in [0, 0.1) is 0 Å². The van der Waals surface area contributed by atoms with Crippen molar-refractivity contribution in [1.82, 2.24) is 0 Å². The monoisotopic (exact) mass is 341 g/mol. The van der Waals surface area contributed by atoms with Crippen molar-refractivity contribution in [3.05, 3.63) is 33.3 Å². The highest BCUT2D eigenvalue weighted by molar-refractivity contribution is 7.51. The number of halogens is 2. The molecule has 0 radical (unpaired) electrons. The van der Waals surface area contributed by atoms with Crippen LogP contribution in [-0.2, 0) is 22.2 Å². The van der Waals surface area contributed by atoms with Crippen molar-refractivity contribution in [2.24, 2.45) is 5.73 Å². The van der Waals surface area contributed by atoms with Gasteiger partial charge in [-0.05, 0) is 36.1 Å². The maximum absolute atomic E-state index is 10.9. The van der Waals surface area contributed by atoms with Gasteiger partial charge in [0.1, 0.15) is 6.04 Å². The summed E-state index contributed by atoms with van der Waals surface area (Å²) in [5, 5.41) is 9.28. The van der Waals surface area contributed by atoms with Gasteiger partial charge in [0.05, 0.1) is 16.2 Å². The molecule has 0 bridgehead atoms. The zero-order valence-electron chi connectivity index (χ0n) is 10.3. The molecular formula is C11H14Cl2NO5P. The summed E-state index contributed by atoms with van der Waals surface area (Å²) in [4.78, 5) is 28.6. The molecule has 0 aliphatic heterocycles. The van der Waals surface area contributed by atoms with Gasteiger partial charge in [0.25, 0.3) is 0 Å². The van der Waals surface area contributed by atoms with Crippen molar-refractivity contribution in [1.29, 1.82) is 0 Å². The lowest BCUT2D eigenvalue weighted by atomic mass is 9.99. The number of hydrogen-bond donors (Lipinski definition) is 4. The largest absolute Gasteiger partial charge is 0.480 e. The van der Waals surface area contributed by atoms with Crippen LogP contribution in [-0.4, -0.2) is 33.1 Å². The minimum absolute atomic E-state index is 0.00269. The molecule has 0 saturated carbocycles. The Morgan fingerprint density at radius 1 is 1.25 bits per heavy atom. The van der Waals surface area contributed by atoms with Gasteiger partial charge in [-0.3, -0.25) is 9.36 Å². The van der Waals surface area contributed by atoms with E-state index in [2.05, 4.69) is 0 Å². The molecule has 0 aromatic heterocycles. The van der Waals surface area contributed by atoms with Gasteiger partial charge in [-0.1, -0.05) is 23.2 Å². The highest BCUT2D eigenvalue weighted by atomic mass is 35.5. The Kier molecular flexibility index (Phi) is 6.01. The number of benzene rings is 1. The summed E-state index contributed by atoms with van der Waals surface area (Å²) in [7, 11) is -4.15. The fourth-order valence-electron chi connectivity index (χ4n) is 1.64. The first-order chi connectivity index (χ1) is 9.10.